The highest BCUT2D eigenvalue weighted by Gasteiger charge is 2.11. The van der Waals surface area contributed by atoms with Crippen molar-refractivity contribution < 1.29 is 14.4 Å². The van der Waals surface area contributed by atoms with Crippen LogP contribution < -0.4 is 0 Å². The van der Waals surface area contributed by atoms with Gasteiger partial charge >= 0.3 is 5.97 Å². The first-order chi connectivity index (χ1) is 9.56. The van der Waals surface area contributed by atoms with Crippen LogP contribution in [0.5, 0.6) is 0 Å². The second-order valence-electron chi connectivity index (χ2n) is 4.69. The van der Waals surface area contributed by atoms with Crippen molar-refractivity contribution in [2.24, 2.45) is 0 Å². The minimum absolute atomic E-state index is 0.356. The van der Waals surface area contributed by atoms with Gasteiger partial charge in [0.1, 0.15) is 0 Å². The average molecular weight is 275 g/mol. The lowest BCUT2D eigenvalue weighted by Gasteiger charge is -2.14. The monoisotopic (exact) mass is 275 g/mol. The quantitative estimate of drug-likeness (QED) is 0.865. The van der Waals surface area contributed by atoms with Gasteiger partial charge in [-0.3, -0.25) is 4.90 Å². The van der Waals surface area contributed by atoms with Crippen molar-refractivity contribution in [1.82, 2.24) is 15.0 Å². The predicted octanol–water partition coefficient (Wildman–Crippen LogP) is 1.75. The fraction of sp³-hybridized carbons (Fsp3) is 0.357. The largest absolute Gasteiger partial charge is 0.478 e. The van der Waals surface area contributed by atoms with Crippen molar-refractivity contribution in [1.29, 1.82) is 0 Å². The van der Waals surface area contributed by atoms with E-state index in [1.54, 1.807) is 19.1 Å². The topological polar surface area (TPSA) is 79.5 Å². The van der Waals surface area contributed by atoms with Crippen LogP contribution in [0.4, 0.5) is 0 Å². The molecule has 0 aliphatic carbocycles. The zero-order valence-corrected chi connectivity index (χ0v) is 11.5. The summed E-state index contributed by atoms with van der Waals surface area (Å²) in [6.07, 6.45) is 0.659. The van der Waals surface area contributed by atoms with Gasteiger partial charge in [-0.25, -0.2) is 4.79 Å². The molecule has 6 nitrogen and oxygen atoms in total. The van der Waals surface area contributed by atoms with Crippen LogP contribution in [0.25, 0.3) is 0 Å². The number of likely N-dealkylation sites (N-methyl/N-ethyl adjacent to an activating group) is 1. The summed E-state index contributed by atoms with van der Waals surface area (Å²) in [7, 11) is 1.93. The van der Waals surface area contributed by atoms with Crippen LogP contribution in [0, 0.1) is 6.92 Å². The lowest BCUT2D eigenvalue weighted by atomic mass is 10.0. The van der Waals surface area contributed by atoms with Gasteiger partial charge in [0, 0.05) is 6.54 Å². The van der Waals surface area contributed by atoms with Crippen LogP contribution in [-0.4, -0.2) is 39.7 Å². The summed E-state index contributed by atoms with van der Waals surface area (Å²) >= 11 is 0. The molecule has 0 aliphatic rings. The van der Waals surface area contributed by atoms with Crippen molar-refractivity contribution in [3.8, 4) is 0 Å². The van der Waals surface area contributed by atoms with Gasteiger partial charge in [0.05, 0.1) is 12.1 Å². The molecule has 2 aromatic rings. The molecule has 20 heavy (non-hydrogen) atoms. The lowest BCUT2D eigenvalue weighted by molar-refractivity contribution is 0.0695. The van der Waals surface area contributed by atoms with Crippen LogP contribution in [0.15, 0.2) is 28.8 Å². The van der Waals surface area contributed by atoms with E-state index in [0.29, 0.717) is 36.8 Å². The number of hydrogen-bond donors (Lipinski definition) is 1. The molecule has 1 aromatic heterocycles. The van der Waals surface area contributed by atoms with Gasteiger partial charge in [-0.15, -0.1) is 0 Å². The lowest BCUT2D eigenvalue weighted by Crippen LogP contribution is -2.21. The third-order valence-corrected chi connectivity index (χ3v) is 2.99. The Bertz CT molecular complexity index is 595. The minimum atomic E-state index is -0.893. The van der Waals surface area contributed by atoms with Crippen molar-refractivity contribution in [2.75, 3.05) is 13.6 Å². The second-order valence-corrected chi connectivity index (χ2v) is 4.69. The number of rotatable bonds is 6. The molecule has 1 N–H and O–H groups in total. The third kappa shape index (κ3) is 3.64. The molecule has 1 aromatic carbocycles. The summed E-state index contributed by atoms with van der Waals surface area (Å²) < 4.78 is 5.05. The summed E-state index contributed by atoms with van der Waals surface area (Å²) in [5.74, 6) is 0.289. The highest BCUT2D eigenvalue weighted by atomic mass is 16.5. The van der Waals surface area contributed by atoms with Crippen LogP contribution in [0.1, 0.15) is 27.6 Å². The maximum absolute atomic E-state index is 11.1. The van der Waals surface area contributed by atoms with E-state index in [9.17, 15) is 4.79 Å². The van der Waals surface area contributed by atoms with Crippen molar-refractivity contribution >= 4 is 5.97 Å². The molecule has 0 aliphatic heterocycles. The number of hydrogen-bond acceptors (Lipinski definition) is 5. The van der Waals surface area contributed by atoms with Gasteiger partial charge in [-0.05, 0) is 32.0 Å². The normalized spacial score (nSPS) is 10.9. The Hall–Kier alpha value is -2.21. The standard InChI is InChI=1S/C14H17N3O3/c1-10-15-13(20-16-10)9-17(2)8-7-11-5-3-4-6-12(11)14(18)19/h3-6H,7-9H2,1-2H3,(H,18,19). The maximum Gasteiger partial charge on any atom is 0.335 e. The summed E-state index contributed by atoms with van der Waals surface area (Å²) in [5, 5.41) is 12.9. The van der Waals surface area contributed by atoms with Crippen LogP contribution in [-0.2, 0) is 13.0 Å². The second kappa shape index (κ2) is 6.29. The molecule has 6 heteroatoms. The van der Waals surface area contributed by atoms with E-state index < -0.39 is 5.97 Å². The molecule has 2 rings (SSSR count). The molecule has 0 saturated carbocycles. The Balaban J connectivity index is 1.93. The summed E-state index contributed by atoms with van der Waals surface area (Å²) in [5.41, 5.74) is 1.18. The Kier molecular flexibility index (Phi) is 4.47. The van der Waals surface area contributed by atoms with Gasteiger partial charge in [0.15, 0.2) is 5.82 Å². The van der Waals surface area contributed by atoms with Crippen LogP contribution in [0.3, 0.4) is 0 Å². The number of carboxylic acids is 1. The molecule has 1 heterocycles. The van der Waals surface area contributed by atoms with Crippen molar-refractivity contribution in [2.45, 2.75) is 19.9 Å². The van der Waals surface area contributed by atoms with E-state index in [1.165, 1.54) is 0 Å². The van der Waals surface area contributed by atoms with E-state index in [4.69, 9.17) is 9.63 Å². The molecule has 0 bridgehead atoms. The van der Waals surface area contributed by atoms with Crippen molar-refractivity contribution in [3.05, 3.63) is 47.1 Å². The molecule has 0 unspecified atom stereocenters. The first-order valence-electron chi connectivity index (χ1n) is 6.35. The fourth-order valence-electron chi connectivity index (χ4n) is 1.97. The highest BCUT2D eigenvalue weighted by Crippen LogP contribution is 2.10. The number of benzene rings is 1. The maximum atomic E-state index is 11.1. The summed E-state index contributed by atoms with van der Waals surface area (Å²) in [6, 6.07) is 7.05. The fourth-order valence-corrected chi connectivity index (χ4v) is 1.97. The van der Waals surface area contributed by atoms with Gasteiger partial charge in [-0.1, -0.05) is 23.4 Å². The molecule has 0 amide bonds. The van der Waals surface area contributed by atoms with E-state index in [0.717, 1.165) is 5.56 Å². The zero-order chi connectivity index (χ0) is 14.5. The molecular weight excluding hydrogens is 258 g/mol. The van der Waals surface area contributed by atoms with Crippen molar-refractivity contribution in [3.63, 3.8) is 0 Å². The van der Waals surface area contributed by atoms with Gasteiger partial charge in [0.25, 0.3) is 0 Å². The molecule has 0 saturated heterocycles. The molecule has 0 fully saturated rings. The molecule has 106 valence electrons. The Morgan fingerprint density at radius 3 is 2.80 bits per heavy atom. The summed E-state index contributed by atoms with van der Waals surface area (Å²) in [4.78, 5) is 17.3. The Labute approximate surface area is 117 Å². The van der Waals surface area contributed by atoms with E-state index in [1.807, 2.05) is 24.1 Å². The average Bonchev–Trinajstić information content (AvgIpc) is 2.82. The van der Waals surface area contributed by atoms with Crippen LogP contribution in [0.2, 0.25) is 0 Å². The number of carbonyl (C=O) groups is 1. The summed E-state index contributed by atoms with van der Waals surface area (Å²) in [6.45, 7) is 3.04. The molecule has 0 radical (unpaired) electrons. The molecular formula is C14H17N3O3. The number of carboxylic acid groups (broad SMARTS) is 1. The van der Waals surface area contributed by atoms with Gasteiger partial charge < -0.3 is 9.63 Å². The molecule has 0 atom stereocenters. The van der Waals surface area contributed by atoms with E-state index >= 15 is 0 Å². The zero-order valence-electron chi connectivity index (χ0n) is 11.5. The predicted molar refractivity (Wildman–Crippen MR) is 72.5 cm³/mol. The highest BCUT2D eigenvalue weighted by molar-refractivity contribution is 5.89. The Morgan fingerprint density at radius 1 is 1.40 bits per heavy atom. The third-order valence-electron chi connectivity index (χ3n) is 2.99. The SMILES string of the molecule is Cc1noc(CN(C)CCc2ccccc2C(=O)O)n1. The molecule has 0 spiro atoms. The first kappa shape index (κ1) is 14.2. The minimum Gasteiger partial charge on any atom is -0.478 e. The smallest absolute Gasteiger partial charge is 0.335 e. The number of aromatic carboxylic acids is 1. The first-order valence-corrected chi connectivity index (χ1v) is 6.35. The van der Waals surface area contributed by atoms with Gasteiger partial charge in [-0.2, -0.15) is 4.98 Å². The Morgan fingerprint density at radius 2 is 2.15 bits per heavy atom. The number of aromatic nitrogens is 2. The number of aryl methyl sites for hydroxylation is 1. The van der Waals surface area contributed by atoms with E-state index in [2.05, 4.69) is 10.1 Å². The number of nitrogens with zero attached hydrogens (tertiary/aromatic N) is 3. The van der Waals surface area contributed by atoms with Crippen LogP contribution >= 0.6 is 0 Å². The van der Waals surface area contributed by atoms with Gasteiger partial charge in [0.2, 0.25) is 5.89 Å². The van der Waals surface area contributed by atoms with E-state index in [-0.39, 0.29) is 0 Å².